The first-order chi connectivity index (χ1) is 15.8. The number of ketones is 1. The Morgan fingerprint density at radius 2 is 2.06 bits per heavy atom. The molecule has 1 heterocycles. The van der Waals surface area contributed by atoms with Crippen molar-refractivity contribution in [2.24, 2.45) is 11.0 Å². The number of hydrogen-bond acceptors (Lipinski definition) is 7. The fourth-order valence-electron chi connectivity index (χ4n) is 2.66. The molecule has 0 fully saturated rings. The third-order valence-corrected chi connectivity index (χ3v) is 4.20. The van der Waals surface area contributed by atoms with Crippen LogP contribution in [0, 0.1) is 5.92 Å². The molecule has 0 aliphatic carbocycles. The zero-order valence-corrected chi connectivity index (χ0v) is 18.9. The zero-order valence-electron chi connectivity index (χ0n) is 18.9. The summed E-state index contributed by atoms with van der Waals surface area (Å²) in [7, 11) is 0. The minimum atomic E-state index is -0.915. The molecule has 10 nitrogen and oxygen atoms in total. The average molecular weight is 456 g/mol. The molecular formula is C23H29N5O5. The molecule has 0 atom stereocenters. The van der Waals surface area contributed by atoms with Crippen LogP contribution in [0.2, 0.25) is 0 Å². The lowest BCUT2D eigenvalue weighted by Gasteiger charge is -2.10. The molecule has 1 aromatic heterocycles. The van der Waals surface area contributed by atoms with Gasteiger partial charge >= 0.3 is 12.1 Å². The third kappa shape index (κ3) is 9.38. The van der Waals surface area contributed by atoms with Gasteiger partial charge in [-0.25, -0.2) is 4.79 Å². The molecule has 0 radical (unpaired) electrons. The summed E-state index contributed by atoms with van der Waals surface area (Å²) in [4.78, 5) is 35.1. The van der Waals surface area contributed by atoms with E-state index in [1.54, 1.807) is 37.4 Å². The second kappa shape index (κ2) is 12.8. The molecule has 2 rings (SSSR count). The summed E-state index contributed by atoms with van der Waals surface area (Å²) in [6, 6.07) is 7.07. The first-order valence-electron chi connectivity index (χ1n) is 10.5. The number of nitrogens with zero attached hydrogens (tertiary/aromatic N) is 3. The number of carboxylic acid groups (broad SMARTS) is 1. The van der Waals surface area contributed by atoms with Gasteiger partial charge in [0.15, 0.2) is 0 Å². The van der Waals surface area contributed by atoms with E-state index in [2.05, 4.69) is 20.9 Å². The monoisotopic (exact) mass is 455 g/mol. The highest BCUT2D eigenvalue weighted by Crippen LogP contribution is 2.14. The molecule has 0 bridgehead atoms. The number of nitrogens with one attached hydrogen (secondary N) is 2. The normalized spacial score (nSPS) is 11.6. The Hall–Kier alpha value is -3.95. The molecule has 10 heteroatoms. The van der Waals surface area contributed by atoms with E-state index < -0.39 is 12.1 Å². The van der Waals surface area contributed by atoms with Gasteiger partial charge in [-0.1, -0.05) is 32.1 Å². The summed E-state index contributed by atoms with van der Waals surface area (Å²) in [6.45, 7) is 6.18. The number of aliphatic carboxylic acids is 1. The van der Waals surface area contributed by atoms with E-state index in [0.717, 1.165) is 5.56 Å². The number of anilines is 2. The van der Waals surface area contributed by atoms with Gasteiger partial charge < -0.3 is 9.84 Å². The van der Waals surface area contributed by atoms with Crippen molar-refractivity contribution in [3.63, 3.8) is 0 Å². The van der Waals surface area contributed by atoms with E-state index in [9.17, 15) is 14.4 Å². The smallest absolute Gasteiger partial charge is 0.411 e. The molecule has 0 unspecified atom stereocenters. The van der Waals surface area contributed by atoms with Crippen LogP contribution in [0.4, 0.5) is 16.2 Å². The van der Waals surface area contributed by atoms with Crippen LogP contribution in [0.3, 0.4) is 0 Å². The van der Waals surface area contributed by atoms with Crippen LogP contribution in [-0.2, 0) is 27.3 Å². The number of aryl methyl sites for hydroxylation is 1. The van der Waals surface area contributed by atoms with Crippen molar-refractivity contribution in [2.45, 2.75) is 40.2 Å². The number of allylic oxidation sites excluding steroid dienone is 2. The lowest BCUT2D eigenvalue weighted by atomic mass is 10.0. The van der Waals surface area contributed by atoms with Gasteiger partial charge in [0.1, 0.15) is 5.71 Å². The lowest BCUT2D eigenvalue weighted by molar-refractivity contribution is -0.137. The molecule has 2 aromatic rings. The number of hydrogen-bond donors (Lipinski definition) is 3. The van der Waals surface area contributed by atoms with Crippen molar-refractivity contribution in [3.05, 3.63) is 54.4 Å². The van der Waals surface area contributed by atoms with E-state index in [4.69, 9.17) is 9.84 Å². The van der Waals surface area contributed by atoms with Crippen molar-refractivity contribution < 1.29 is 24.2 Å². The van der Waals surface area contributed by atoms with Gasteiger partial charge in [0.2, 0.25) is 5.78 Å². The van der Waals surface area contributed by atoms with E-state index in [0.29, 0.717) is 18.0 Å². The Balaban J connectivity index is 2.10. The highest BCUT2D eigenvalue weighted by molar-refractivity contribution is 6.44. The molecular weight excluding hydrogens is 426 g/mol. The number of hydrazone groups is 1. The molecule has 176 valence electrons. The summed E-state index contributed by atoms with van der Waals surface area (Å²) in [5.41, 5.74) is 4.90. The predicted molar refractivity (Wildman–Crippen MR) is 125 cm³/mol. The van der Waals surface area contributed by atoms with Crippen LogP contribution in [-0.4, -0.2) is 45.1 Å². The van der Waals surface area contributed by atoms with Gasteiger partial charge in [0, 0.05) is 18.3 Å². The second-order valence-electron chi connectivity index (χ2n) is 7.66. The maximum absolute atomic E-state index is 12.5. The largest absolute Gasteiger partial charge is 0.481 e. The molecule has 0 saturated heterocycles. The van der Waals surface area contributed by atoms with Crippen LogP contribution >= 0.6 is 0 Å². The average Bonchev–Trinajstić information content (AvgIpc) is 3.22. The maximum Gasteiger partial charge on any atom is 0.411 e. The van der Waals surface area contributed by atoms with Crippen LogP contribution in [0.15, 0.2) is 53.9 Å². The Morgan fingerprint density at radius 1 is 1.27 bits per heavy atom. The van der Waals surface area contributed by atoms with Crippen molar-refractivity contribution in [1.29, 1.82) is 0 Å². The number of ether oxygens (including phenoxy) is 1. The summed E-state index contributed by atoms with van der Waals surface area (Å²) in [5.74, 6) is -0.949. The van der Waals surface area contributed by atoms with Crippen LogP contribution in [0.1, 0.15) is 32.8 Å². The minimum absolute atomic E-state index is 0.0508. The quantitative estimate of drug-likeness (QED) is 0.252. The molecule has 3 N–H and O–H groups in total. The molecule has 0 aliphatic rings. The number of aromatic nitrogens is 2. The van der Waals surface area contributed by atoms with Crippen molar-refractivity contribution in [1.82, 2.24) is 9.78 Å². The van der Waals surface area contributed by atoms with Gasteiger partial charge in [-0.05, 0) is 36.6 Å². The zero-order chi connectivity index (χ0) is 24.2. The first kappa shape index (κ1) is 25.3. The van der Waals surface area contributed by atoms with E-state index in [-0.39, 0.29) is 36.8 Å². The Bertz CT molecular complexity index is 1030. The molecule has 1 amide bonds. The fraction of sp³-hybridized carbons (Fsp3) is 0.348. The molecule has 0 saturated carbocycles. The minimum Gasteiger partial charge on any atom is -0.481 e. The van der Waals surface area contributed by atoms with Gasteiger partial charge in [-0.3, -0.25) is 25.0 Å². The van der Waals surface area contributed by atoms with Crippen LogP contribution in [0.25, 0.3) is 0 Å². The number of benzene rings is 1. The first-order valence-corrected chi connectivity index (χ1v) is 10.5. The molecule has 1 aromatic carbocycles. The third-order valence-electron chi connectivity index (χ3n) is 4.20. The summed E-state index contributed by atoms with van der Waals surface area (Å²) in [6.07, 6.45) is 5.78. The van der Waals surface area contributed by atoms with Gasteiger partial charge in [0.25, 0.3) is 0 Å². The Labute approximate surface area is 192 Å². The second-order valence-corrected chi connectivity index (χ2v) is 7.66. The predicted octanol–water partition coefficient (Wildman–Crippen LogP) is 3.72. The molecule has 0 spiro atoms. The lowest BCUT2D eigenvalue weighted by Crippen LogP contribution is -2.18. The van der Waals surface area contributed by atoms with E-state index in [1.807, 2.05) is 19.9 Å². The van der Waals surface area contributed by atoms with Gasteiger partial charge in [0.05, 0.1) is 31.5 Å². The number of carbonyl (C=O) groups is 3. The van der Waals surface area contributed by atoms with E-state index >= 15 is 0 Å². The Morgan fingerprint density at radius 3 is 2.76 bits per heavy atom. The molecule has 0 aliphatic heterocycles. The van der Waals surface area contributed by atoms with Gasteiger partial charge in [-0.15, -0.1) is 0 Å². The number of carboxylic acids is 1. The standard InChI is InChI=1S/C23H29N5O5/c1-4-6-21(29)20(27-26-19-13-24-28(14-19)10-9-22(30)31)12-17-7-5-8-18(11-17)25-23(32)33-15-16(2)3/h4-8,11,13-14,16,26H,9-10,12,15H2,1-3H3,(H,25,32)(H,30,31)/b6-4-,27-20-. The number of rotatable bonds is 12. The highest BCUT2D eigenvalue weighted by Gasteiger charge is 2.12. The van der Waals surface area contributed by atoms with Crippen molar-refractivity contribution >= 4 is 34.9 Å². The number of carbonyl (C=O) groups excluding carboxylic acids is 2. The van der Waals surface area contributed by atoms with Crippen molar-refractivity contribution in [3.8, 4) is 0 Å². The van der Waals surface area contributed by atoms with Crippen LogP contribution < -0.4 is 10.7 Å². The maximum atomic E-state index is 12.5. The van der Waals surface area contributed by atoms with E-state index in [1.165, 1.54) is 17.0 Å². The van der Waals surface area contributed by atoms with Gasteiger partial charge in [-0.2, -0.15) is 10.2 Å². The topological polar surface area (TPSA) is 135 Å². The van der Waals surface area contributed by atoms with Crippen molar-refractivity contribution in [2.75, 3.05) is 17.3 Å². The Kier molecular flexibility index (Phi) is 9.81. The van der Waals surface area contributed by atoms with Crippen LogP contribution in [0.5, 0.6) is 0 Å². The molecule has 33 heavy (non-hydrogen) atoms. The summed E-state index contributed by atoms with van der Waals surface area (Å²) in [5, 5.41) is 19.8. The number of amides is 1. The highest BCUT2D eigenvalue weighted by atomic mass is 16.5. The summed E-state index contributed by atoms with van der Waals surface area (Å²) < 4.78 is 6.61. The SMILES string of the molecule is C/C=C\C(=O)/C(Cc1cccc(NC(=O)OCC(C)C)c1)=N\Nc1cnn(CCC(=O)O)c1. The summed E-state index contributed by atoms with van der Waals surface area (Å²) >= 11 is 0. The fourth-order valence-corrected chi connectivity index (χ4v) is 2.66.